The first kappa shape index (κ1) is 11.9. The smallest absolute Gasteiger partial charge is 0.320 e. The topological polar surface area (TPSA) is 49.6 Å². The van der Waals surface area contributed by atoms with Crippen molar-refractivity contribution in [1.29, 1.82) is 0 Å². The predicted molar refractivity (Wildman–Crippen MR) is 68.5 cm³/mol. The Hall–Kier alpha value is -0.590. The predicted octanol–water partition coefficient (Wildman–Crippen LogP) is 1.88. The highest BCUT2D eigenvalue weighted by molar-refractivity contribution is 9.10. The molecule has 0 aromatic carbocycles. The van der Waals surface area contributed by atoms with Crippen LogP contribution in [0.1, 0.15) is 10.9 Å². The highest BCUT2D eigenvalue weighted by atomic mass is 79.9. The zero-order chi connectivity index (χ0) is 11.7. The summed E-state index contributed by atoms with van der Waals surface area (Å²) in [4.78, 5) is 16.7. The van der Waals surface area contributed by atoms with Gasteiger partial charge >= 0.3 is 6.03 Å². The fourth-order valence-electron chi connectivity index (χ4n) is 1.89. The number of carbonyl (C=O) groups excluding carboxylic acids is 1. The van der Waals surface area contributed by atoms with Gasteiger partial charge in [-0.15, -0.1) is 11.3 Å². The fourth-order valence-corrected chi connectivity index (χ4v) is 3.47. The van der Waals surface area contributed by atoms with Crippen molar-refractivity contribution in [3.05, 3.63) is 20.8 Å². The normalized spacial score (nSPS) is 20.9. The van der Waals surface area contributed by atoms with Crippen molar-refractivity contribution in [1.82, 2.24) is 9.80 Å². The number of hydrogen-bond donors (Lipinski definition) is 1. The van der Waals surface area contributed by atoms with Gasteiger partial charge in [-0.25, -0.2) is 4.79 Å². The van der Waals surface area contributed by atoms with Crippen molar-refractivity contribution < 1.29 is 4.79 Å². The third-order valence-electron chi connectivity index (χ3n) is 2.75. The molecule has 2 amide bonds. The Kier molecular flexibility index (Phi) is 3.51. The van der Waals surface area contributed by atoms with Gasteiger partial charge in [0.15, 0.2) is 0 Å². The zero-order valence-electron chi connectivity index (χ0n) is 9.02. The number of likely N-dealkylation sites (N-methyl/N-ethyl adjacent to an activating group) is 1. The number of carbonyl (C=O) groups is 1. The first-order valence-corrected chi connectivity index (χ1v) is 6.76. The molecule has 6 heteroatoms. The maximum Gasteiger partial charge on any atom is 0.320 e. The highest BCUT2D eigenvalue weighted by Gasteiger charge is 2.35. The maximum absolute atomic E-state index is 11.9. The molecule has 2 N–H and O–H groups in total. The first-order chi connectivity index (χ1) is 7.63. The van der Waals surface area contributed by atoms with Gasteiger partial charge in [0.25, 0.3) is 0 Å². The van der Waals surface area contributed by atoms with E-state index in [1.165, 1.54) is 4.88 Å². The molecule has 0 saturated carbocycles. The van der Waals surface area contributed by atoms with Gasteiger partial charge in [0.05, 0.1) is 6.04 Å². The lowest BCUT2D eigenvalue weighted by atomic mass is 10.2. The largest absolute Gasteiger partial charge is 0.329 e. The molecule has 1 fully saturated rings. The number of rotatable bonds is 3. The van der Waals surface area contributed by atoms with Crippen LogP contribution in [0.5, 0.6) is 0 Å². The van der Waals surface area contributed by atoms with E-state index in [1.54, 1.807) is 21.1 Å². The second-order valence-electron chi connectivity index (χ2n) is 3.81. The summed E-state index contributed by atoms with van der Waals surface area (Å²) >= 11 is 5.11. The number of halogens is 1. The van der Waals surface area contributed by atoms with E-state index in [0.29, 0.717) is 13.1 Å². The summed E-state index contributed by atoms with van der Waals surface area (Å²) in [6.45, 7) is 1.88. The monoisotopic (exact) mass is 303 g/mol. The van der Waals surface area contributed by atoms with Crippen LogP contribution < -0.4 is 5.73 Å². The van der Waals surface area contributed by atoms with Gasteiger partial charge in [-0.3, -0.25) is 0 Å². The van der Waals surface area contributed by atoms with Crippen LogP contribution in [-0.4, -0.2) is 42.5 Å². The molecule has 2 rings (SSSR count). The third kappa shape index (κ3) is 2.09. The summed E-state index contributed by atoms with van der Waals surface area (Å²) in [5.74, 6) is 0. The second-order valence-corrected chi connectivity index (χ2v) is 5.67. The van der Waals surface area contributed by atoms with Gasteiger partial charge in [0, 0.05) is 41.4 Å². The van der Waals surface area contributed by atoms with Gasteiger partial charge < -0.3 is 15.5 Å². The van der Waals surface area contributed by atoms with Gasteiger partial charge in [0.1, 0.15) is 0 Å². The molecule has 1 aliphatic heterocycles. The summed E-state index contributed by atoms with van der Waals surface area (Å²) in [6, 6.07) is 2.31. The Morgan fingerprint density at radius 1 is 1.69 bits per heavy atom. The molecule has 0 spiro atoms. The van der Waals surface area contributed by atoms with Crippen LogP contribution in [0.15, 0.2) is 15.9 Å². The molecule has 1 aromatic heterocycles. The van der Waals surface area contributed by atoms with Crippen molar-refractivity contribution in [2.45, 2.75) is 6.04 Å². The molecular weight excluding hydrogens is 290 g/mol. The molecule has 0 aliphatic carbocycles. The van der Waals surface area contributed by atoms with Crippen molar-refractivity contribution in [3.8, 4) is 0 Å². The van der Waals surface area contributed by atoms with Crippen LogP contribution in [0.4, 0.5) is 4.79 Å². The Morgan fingerprint density at radius 3 is 3.00 bits per heavy atom. The van der Waals surface area contributed by atoms with E-state index >= 15 is 0 Å². The van der Waals surface area contributed by atoms with Crippen molar-refractivity contribution in [2.24, 2.45) is 5.73 Å². The molecule has 16 heavy (non-hydrogen) atoms. The number of hydrogen-bond acceptors (Lipinski definition) is 3. The lowest BCUT2D eigenvalue weighted by Gasteiger charge is -2.15. The highest BCUT2D eigenvalue weighted by Crippen LogP contribution is 2.33. The summed E-state index contributed by atoms with van der Waals surface area (Å²) in [5, 5.41) is 2.04. The SMILES string of the molecule is CN1C(=O)N(CCN)CC1c1cc(Br)cs1. The number of nitrogens with two attached hydrogens (primary N) is 1. The Morgan fingerprint density at radius 2 is 2.44 bits per heavy atom. The summed E-state index contributed by atoms with van der Waals surface area (Å²) in [6.07, 6.45) is 0. The van der Waals surface area contributed by atoms with Gasteiger partial charge in [-0.1, -0.05) is 0 Å². The summed E-state index contributed by atoms with van der Waals surface area (Å²) in [5.41, 5.74) is 5.49. The Labute approximate surface area is 107 Å². The van der Waals surface area contributed by atoms with E-state index in [-0.39, 0.29) is 12.1 Å². The summed E-state index contributed by atoms with van der Waals surface area (Å²) in [7, 11) is 1.84. The minimum Gasteiger partial charge on any atom is -0.329 e. The quantitative estimate of drug-likeness (QED) is 0.927. The molecule has 0 bridgehead atoms. The number of urea groups is 1. The van der Waals surface area contributed by atoms with Gasteiger partial charge in [-0.05, 0) is 22.0 Å². The van der Waals surface area contributed by atoms with E-state index < -0.39 is 0 Å². The number of amides is 2. The Balaban J connectivity index is 2.15. The summed E-state index contributed by atoms with van der Waals surface area (Å²) < 4.78 is 1.07. The lowest BCUT2D eigenvalue weighted by Crippen LogP contribution is -2.33. The minimum atomic E-state index is 0.0694. The van der Waals surface area contributed by atoms with Crippen LogP contribution >= 0.6 is 27.3 Å². The number of thiophene rings is 1. The molecular formula is C10H14BrN3OS. The second kappa shape index (κ2) is 4.73. The lowest BCUT2D eigenvalue weighted by molar-refractivity contribution is 0.196. The van der Waals surface area contributed by atoms with Crippen LogP contribution in [0.2, 0.25) is 0 Å². The fraction of sp³-hybridized carbons (Fsp3) is 0.500. The molecule has 1 atom stereocenters. The van der Waals surface area contributed by atoms with Gasteiger partial charge in [0.2, 0.25) is 0 Å². The van der Waals surface area contributed by atoms with Crippen molar-refractivity contribution in [2.75, 3.05) is 26.7 Å². The molecule has 0 radical (unpaired) electrons. The van der Waals surface area contributed by atoms with Crippen LogP contribution in [0.3, 0.4) is 0 Å². The van der Waals surface area contributed by atoms with Gasteiger partial charge in [-0.2, -0.15) is 0 Å². The van der Waals surface area contributed by atoms with Crippen LogP contribution in [0.25, 0.3) is 0 Å². The number of nitrogens with zero attached hydrogens (tertiary/aromatic N) is 2. The molecule has 1 saturated heterocycles. The van der Waals surface area contributed by atoms with Crippen LogP contribution in [-0.2, 0) is 0 Å². The van der Waals surface area contributed by atoms with Crippen molar-refractivity contribution >= 4 is 33.3 Å². The van der Waals surface area contributed by atoms with E-state index in [9.17, 15) is 4.79 Å². The molecule has 1 unspecified atom stereocenters. The average molecular weight is 304 g/mol. The molecule has 88 valence electrons. The van der Waals surface area contributed by atoms with E-state index in [0.717, 1.165) is 11.0 Å². The van der Waals surface area contributed by atoms with Crippen LogP contribution in [0, 0.1) is 0 Å². The van der Waals surface area contributed by atoms with E-state index in [4.69, 9.17) is 5.73 Å². The molecule has 2 heterocycles. The minimum absolute atomic E-state index is 0.0694. The van der Waals surface area contributed by atoms with E-state index in [1.807, 2.05) is 12.4 Å². The first-order valence-electron chi connectivity index (χ1n) is 5.09. The maximum atomic E-state index is 11.9. The Bertz CT molecular complexity index is 395. The molecule has 1 aromatic rings. The average Bonchev–Trinajstić information content (AvgIpc) is 2.78. The molecule has 4 nitrogen and oxygen atoms in total. The van der Waals surface area contributed by atoms with Crippen molar-refractivity contribution in [3.63, 3.8) is 0 Å². The zero-order valence-corrected chi connectivity index (χ0v) is 11.4. The van der Waals surface area contributed by atoms with E-state index in [2.05, 4.69) is 22.0 Å². The molecule has 1 aliphatic rings. The third-order valence-corrected chi connectivity index (χ3v) is 4.54. The standard InChI is InChI=1S/C10H14BrN3OS/c1-13-8(9-4-7(11)6-16-9)5-14(3-2-12)10(13)15/h4,6,8H,2-3,5,12H2,1H3.